The van der Waals surface area contributed by atoms with Crippen LogP contribution in [-0.2, 0) is 4.79 Å². The molecular weight excluding hydrogens is 246 g/mol. The highest BCUT2D eigenvalue weighted by molar-refractivity contribution is 5.94. The highest BCUT2D eigenvalue weighted by atomic mass is 16.5. The smallest absolute Gasteiger partial charge is 0.226 e. The van der Waals surface area contributed by atoms with Crippen molar-refractivity contribution in [2.45, 2.75) is 12.3 Å². The normalized spacial score (nSPS) is 17.7. The molecular formula is C13H13N3O3. The third kappa shape index (κ3) is 1.91. The van der Waals surface area contributed by atoms with Crippen LogP contribution in [0.1, 0.15) is 23.5 Å². The molecule has 1 atom stereocenters. The number of phenolic OH excluding ortho intramolecular Hbond substituents is 1. The predicted octanol–water partition coefficient (Wildman–Crippen LogP) is 1.60. The maximum absolute atomic E-state index is 11.7. The minimum Gasteiger partial charge on any atom is -0.504 e. The minimum absolute atomic E-state index is 0.0613. The van der Waals surface area contributed by atoms with Gasteiger partial charge in [-0.05, 0) is 17.7 Å². The Bertz CT molecular complexity index is 636. The summed E-state index contributed by atoms with van der Waals surface area (Å²) in [5, 5.41) is 19.1. The minimum atomic E-state index is -0.0861. The van der Waals surface area contributed by atoms with Crippen molar-refractivity contribution in [2.24, 2.45) is 0 Å². The zero-order chi connectivity index (χ0) is 13.4. The molecule has 0 spiro atoms. The van der Waals surface area contributed by atoms with Crippen LogP contribution in [-0.4, -0.2) is 28.3 Å². The first-order chi connectivity index (χ1) is 9.19. The standard InChI is InChI=1S/C13H13N3O3/c1-19-11-4-7(2-3-10(11)17)8-5-12(18)15-13-9(8)6-14-16-13/h2-4,6,8,17H,5H2,1H3,(H2,14,15,16,18)/t8-/m1/s1. The molecule has 6 nitrogen and oxygen atoms in total. The predicted molar refractivity (Wildman–Crippen MR) is 68.3 cm³/mol. The molecule has 2 aromatic rings. The quantitative estimate of drug-likeness (QED) is 0.764. The van der Waals surface area contributed by atoms with Gasteiger partial charge in [0.15, 0.2) is 11.5 Å². The van der Waals surface area contributed by atoms with Crippen LogP contribution in [0, 0.1) is 0 Å². The number of H-pyrrole nitrogens is 1. The van der Waals surface area contributed by atoms with Crippen molar-refractivity contribution in [3.63, 3.8) is 0 Å². The van der Waals surface area contributed by atoms with E-state index in [1.807, 2.05) is 0 Å². The lowest BCUT2D eigenvalue weighted by atomic mass is 9.87. The summed E-state index contributed by atoms with van der Waals surface area (Å²) in [6.07, 6.45) is 2.05. The number of nitrogens with one attached hydrogen (secondary N) is 2. The van der Waals surface area contributed by atoms with Crippen molar-refractivity contribution in [3.8, 4) is 11.5 Å². The number of ether oxygens (including phenoxy) is 1. The summed E-state index contributed by atoms with van der Waals surface area (Å²) in [4.78, 5) is 11.7. The van der Waals surface area contributed by atoms with E-state index in [1.54, 1.807) is 24.4 Å². The molecule has 1 aromatic heterocycles. The van der Waals surface area contributed by atoms with Crippen LogP contribution in [0.25, 0.3) is 0 Å². The average Bonchev–Trinajstić information content (AvgIpc) is 2.86. The summed E-state index contributed by atoms with van der Waals surface area (Å²) in [5.74, 6) is 0.964. The van der Waals surface area contributed by atoms with E-state index in [0.29, 0.717) is 18.0 Å². The first kappa shape index (κ1) is 11.6. The number of carbonyl (C=O) groups is 1. The number of rotatable bonds is 2. The van der Waals surface area contributed by atoms with Crippen LogP contribution in [0.15, 0.2) is 24.4 Å². The number of aromatic amines is 1. The molecule has 0 aliphatic carbocycles. The third-order valence-electron chi connectivity index (χ3n) is 3.30. The zero-order valence-electron chi connectivity index (χ0n) is 10.3. The number of hydrogen-bond donors (Lipinski definition) is 3. The molecule has 19 heavy (non-hydrogen) atoms. The van der Waals surface area contributed by atoms with Gasteiger partial charge in [-0.25, -0.2) is 0 Å². The second-order valence-corrected chi connectivity index (χ2v) is 4.44. The fourth-order valence-electron chi connectivity index (χ4n) is 2.35. The molecule has 0 saturated heterocycles. The summed E-state index contributed by atoms with van der Waals surface area (Å²) >= 11 is 0. The Morgan fingerprint density at radius 2 is 2.32 bits per heavy atom. The molecule has 0 bridgehead atoms. The van der Waals surface area contributed by atoms with Crippen molar-refractivity contribution in [2.75, 3.05) is 12.4 Å². The Morgan fingerprint density at radius 3 is 3.11 bits per heavy atom. The van der Waals surface area contributed by atoms with Crippen LogP contribution >= 0.6 is 0 Å². The number of aromatic nitrogens is 2. The molecule has 98 valence electrons. The zero-order valence-corrected chi connectivity index (χ0v) is 10.3. The summed E-state index contributed by atoms with van der Waals surface area (Å²) in [6.45, 7) is 0. The maximum Gasteiger partial charge on any atom is 0.226 e. The Hall–Kier alpha value is -2.50. The van der Waals surface area contributed by atoms with Crippen LogP contribution in [0.4, 0.5) is 5.82 Å². The van der Waals surface area contributed by atoms with Crippen LogP contribution in [0.5, 0.6) is 11.5 Å². The number of methoxy groups -OCH3 is 1. The van der Waals surface area contributed by atoms with Gasteiger partial charge in [0.25, 0.3) is 0 Å². The summed E-state index contributed by atoms with van der Waals surface area (Å²) in [6, 6.07) is 5.10. The Kier molecular flexibility index (Phi) is 2.63. The van der Waals surface area contributed by atoms with E-state index in [9.17, 15) is 9.90 Å². The van der Waals surface area contributed by atoms with Gasteiger partial charge in [0.2, 0.25) is 5.91 Å². The number of anilines is 1. The monoisotopic (exact) mass is 259 g/mol. The van der Waals surface area contributed by atoms with Crippen molar-refractivity contribution in [1.82, 2.24) is 10.2 Å². The van der Waals surface area contributed by atoms with E-state index in [1.165, 1.54) is 7.11 Å². The first-order valence-corrected chi connectivity index (χ1v) is 5.89. The number of nitrogens with zero attached hydrogens (tertiary/aromatic N) is 1. The number of phenols is 1. The van der Waals surface area contributed by atoms with Crippen molar-refractivity contribution in [3.05, 3.63) is 35.5 Å². The Balaban J connectivity index is 2.06. The van der Waals surface area contributed by atoms with E-state index in [2.05, 4.69) is 15.5 Å². The lowest BCUT2D eigenvalue weighted by Crippen LogP contribution is -2.22. The fraction of sp³-hybridized carbons (Fsp3) is 0.231. The highest BCUT2D eigenvalue weighted by Gasteiger charge is 2.28. The number of fused-ring (bicyclic) bond motifs is 1. The Morgan fingerprint density at radius 1 is 1.47 bits per heavy atom. The van der Waals surface area contributed by atoms with Crippen molar-refractivity contribution >= 4 is 11.7 Å². The van der Waals surface area contributed by atoms with Gasteiger partial charge >= 0.3 is 0 Å². The molecule has 0 unspecified atom stereocenters. The van der Waals surface area contributed by atoms with E-state index in [0.717, 1.165) is 11.1 Å². The molecule has 1 aliphatic heterocycles. The fourth-order valence-corrected chi connectivity index (χ4v) is 2.35. The van der Waals surface area contributed by atoms with E-state index < -0.39 is 0 Å². The molecule has 3 N–H and O–H groups in total. The van der Waals surface area contributed by atoms with Gasteiger partial charge in [0, 0.05) is 17.9 Å². The first-order valence-electron chi connectivity index (χ1n) is 5.89. The molecule has 0 radical (unpaired) electrons. The second kappa shape index (κ2) is 4.31. The van der Waals surface area contributed by atoms with Crippen molar-refractivity contribution < 1.29 is 14.6 Å². The van der Waals surface area contributed by atoms with Gasteiger partial charge in [-0.15, -0.1) is 0 Å². The molecule has 2 heterocycles. The lowest BCUT2D eigenvalue weighted by molar-refractivity contribution is -0.116. The largest absolute Gasteiger partial charge is 0.504 e. The summed E-state index contributed by atoms with van der Waals surface area (Å²) < 4.78 is 5.10. The molecule has 1 aromatic carbocycles. The molecule has 6 heteroatoms. The third-order valence-corrected chi connectivity index (χ3v) is 3.30. The van der Waals surface area contributed by atoms with Gasteiger partial charge in [-0.1, -0.05) is 6.07 Å². The van der Waals surface area contributed by atoms with Crippen LogP contribution in [0.2, 0.25) is 0 Å². The summed E-state index contributed by atoms with van der Waals surface area (Å²) in [5.41, 5.74) is 1.85. The molecule has 0 saturated carbocycles. The SMILES string of the molecule is COc1cc([C@H]2CC(=O)Nc3[nH]ncc32)ccc1O. The molecule has 1 amide bonds. The number of benzene rings is 1. The number of hydrogen-bond acceptors (Lipinski definition) is 4. The van der Waals surface area contributed by atoms with Gasteiger partial charge in [-0.2, -0.15) is 5.10 Å². The molecule has 3 rings (SSSR count). The molecule has 1 aliphatic rings. The van der Waals surface area contributed by atoms with Gasteiger partial charge in [-0.3, -0.25) is 9.89 Å². The van der Waals surface area contributed by atoms with Gasteiger partial charge in [0.1, 0.15) is 5.82 Å². The lowest BCUT2D eigenvalue weighted by Gasteiger charge is -2.22. The van der Waals surface area contributed by atoms with E-state index in [4.69, 9.17) is 4.74 Å². The van der Waals surface area contributed by atoms with E-state index in [-0.39, 0.29) is 17.6 Å². The molecule has 0 fully saturated rings. The summed E-state index contributed by atoms with van der Waals surface area (Å²) in [7, 11) is 1.50. The number of amides is 1. The van der Waals surface area contributed by atoms with Crippen LogP contribution < -0.4 is 10.1 Å². The van der Waals surface area contributed by atoms with Crippen LogP contribution in [0.3, 0.4) is 0 Å². The van der Waals surface area contributed by atoms with E-state index >= 15 is 0 Å². The van der Waals surface area contributed by atoms with Crippen molar-refractivity contribution in [1.29, 1.82) is 0 Å². The second-order valence-electron chi connectivity index (χ2n) is 4.44. The Labute approximate surface area is 109 Å². The maximum atomic E-state index is 11.7. The highest BCUT2D eigenvalue weighted by Crippen LogP contribution is 2.38. The van der Waals surface area contributed by atoms with Gasteiger partial charge < -0.3 is 15.2 Å². The number of carbonyl (C=O) groups excluding carboxylic acids is 1. The topological polar surface area (TPSA) is 87.2 Å². The van der Waals surface area contributed by atoms with Gasteiger partial charge in [0.05, 0.1) is 13.3 Å². The number of aromatic hydroxyl groups is 1. The average molecular weight is 259 g/mol.